The Bertz CT molecular complexity index is 593. The number of aryl methyl sites for hydroxylation is 1. The maximum Gasteiger partial charge on any atom is 0.243 e. The topological polar surface area (TPSA) is 55.8 Å². The summed E-state index contributed by atoms with van der Waals surface area (Å²) in [5, 5.41) is 0. The molecule has 2 saturated heterocycles. The van der Waals surface area contributed by atoms with Gasteiger partial charge in [0, 0.05) is 13.0 Å². The second-order valence-corrected chi connectivity index (χ2v) is 7.22. The summed E-state index contributed by atoms with van der Waals surface area (Å²) in [5.74, 6) is -0.728. The minimum Gasteiger partial charge on any atom is -0.346 e. The van der Waals surface area contributed by atoms with Crippen LogP contribution in [-0.4, -0.2) is 44.8 Å². The van der Waals surface area contributed by atoms with E-state index < -0.39 is 15.8 Å². The Morgan fingerprint density at radius 2 is 1.90 bits per heavy atom. The van der Waals surface area contributed by atoms with Gasteiger partial charge in [-0.2, -0.15) is 4.31 Å². The summed E-state index contributed by atoms with van der Waals surface area (Å²) in [6, 6.07) is 7.06. The van der Waals surface area contributed by atoms with Gasteiger partial charge in [-0.15, -0.1) is 0 Å². The maximum absolute atomic E-state index is 12.8. The fourth-order valence-corrected chi connectivity index (χ4v) is 4.61. The number of hydrogen-bond acceptors (Lipinski definition) is 4. The van der Waals surface area contributed by atoms with Crippen LogP contribution in [0.1, 0.15) is 18.4 Å². The van der Waals surface area contributed by atoms with Crippen molar-refractivity contribution < 1.29 is 17.9 Å². The molecule has 0 bridgehead atoms. The van der Waals surface area contributed by atoms with Crippen LogP contribution in [0.25, 0.3) is 0 Å². The first-order chi connectivity index (χ1) is 9.54. The number of sulfonamides is 1. The van der Waals surface area contributed by atoms with Crippen molar-refractivity contribution in [2.45, 2.75) is 30.4 Å². The van der Waals surface area contributed by atoms with Gasteiger partial charge >= 0.3 is 0 Å². The number of rotatable bonds is 2. The molecule has 0 saturated carbocycles. The minimum absolute atomic E-state index is 0.281. The molecule has 6 heteroatoms. The molecular weight excluding hydrogens is 278 g/mol. The van der Waals surface area contributed by atoms with Gasteiger partial charge in [-0.25, -0.2) is 8.42 Å². The molecule has 2 fully saturated rings. The Labute approximate surface area is 119 Å². The number of ether oxygens (including phenoxy) is 2. The van der Waals surface area contributed by atoms with E-state index in [4.69, 9.17) is 9.47 Å². The molecule has 1 spiro atoms. The highest BCUT2D eigenvalue weighted by Gasteiger charge is 2.44. The lowest BCUT2D eigenvalue weighted by molar-refractivity contribution is -0.179. The van der Waals surface area contributed by atoms with E-state index in [0.29, 0.717) is 24.7 Å². The zero-order valence-corrected chi connectivity index (χ0v) is 12.4. The van der Waals surface area contributed by atoms with Crippen LogP contribution in [0.4, 0.5) is 0 Å². The summed E-state index contributed by atoms with van der Waals surface area (Å²) in [7, 11) is -3.48. The Kier molecular flexibility index (Phi) is 3.58. The van der Waals surface area contributed by atoms with E-state index >= 15 is 0 Å². The van der Waals surface area contributed by atoms with Crippen LogP contribution >= 0.6 is 0 Å². The molecule has 0 aromatic heterocycles. The van der Waals surface area contributed by atoms with E-state index in [1.54, 1.807) is 12.1 Å². The lowest BCUT2D eigenvalue weighted by Gasteiger charge is -2.37. The fourth-order valence-electron chi connectivity index (χ4n) is 2.87. The Hall–Kier alpha value is -0.950. The summed E-state index contributed by atoms with van der Waals surface area (Å²) >= 11 is 0. The highest BCUT2D eigenvalue weighted by Crippen LogP contribution is 2.33. The van der Waals surface area contributed by atoms with E-state index in [9.17, 15) is 8.42 Å². The SMILES string of the molecule is Cc1ccccc1S(=O)(=O)N1CCCC2(C1)OCCO2. The summed E-state index contributed by atoms with van der Waals surface area (Å²) in [5.41, 5.74) is 0.764. The third-order valence-electron chi connectivity index (χ3n) is 3.91. The first-order valence-corrected chi connectivity index (χ1v) is 8.31. The second kappa shape index (κ2) is 5.11. The normalized spacial score (nSPS) is 23.2. The Morgan fingerprint density at radius 1 is 1.20 bits per heavy atom. The fraction of sp³-hybridized carbons (Fsp3) is 0.571. The number of piperidine rings is 1. The van der Waals surface area contributed by atoms with Crippen molar-refractivity contribution in [3.05, 3.63) is 29.8 Å². The maximum atomic E-state index is 12.8. The van der Waals surface area contributed by atoms with E-state index in [2.05, 4.69) is 0 Å². The molecule has 0 N–H and O–H groups in total. The zero-order chi connectivity index (χ0) is 14.2. The molecule has 2 aliphatic heterocycles. The van der Waals surface area contributed by atoms with Gasteiger partial charge < -0.3 is 9.47 Å². The van der Waals surface area contributed by atoms with Gasteiger partial charge in [0.15, 0.2) is 5.79 Å². The van der Waals surface area contributed by atoms with Crippen LogP contribution in [0, 0.1) is 6.92 Å². The molecule has 3 rings (SSSR count). The van der Waals surface area contributed by atoms with Gasteiger partial charge in [0.1, 0.15) is 0 Å². The molecule has 0 radical (unpaired) electrons. The van der Waals surface area contributed by atoms with Gasteiger partial charge in [-0.3, -0.25) is 0 Å². The Balaban J connectivity index is 1.90. The number of benzene rings is 1. The molecule has 1 aromatic rings. The summed E-state index contributed by atoms with van der Waals surface area (Å²) < 4.78 is 38.3. The first-order valence-electron chi connectivity index (χ1n) is 6.87. The molecule has 0 amide bonds. The van der Waals surface area contributed by atoms with Crippen LogP contribution < -0.4 is 0 Å². The molecule has 0 aliphatic carbocycles. The standard InChI is InChI=1S/C14H19NO4S/c1-12-5-2-3-6-13(12)20(16,17)15-8-4-7-14(11-15)18-9-10-19-14/h2-3,5-6H,4,7-11H2,1H3. The van der Waals surface area contributed by atoms with Gasteiger partial charge in [-0.1, -0.05) is 18.2 Å². The minimum atomic E-state index is -3.48. The molecule has 0 unspecified atom stereocenters. The van der Waals surface area contributed by atoms with Gasteiger partial charge in [0.05, 0.1) is 24.7 Å². The first kappa shape index (κ1) is 14.0. The molecule has 20 heavy (non-hydrogen) atoms. The van der Waals surface area contributed by atoms with Crippen LogP contribution in [0.15, 0.2) is 29.2 Å². The molecule has 2 heterocycles. The van der Waals surface area contributed by atoms with Crippen molar-refractivity contribution in [3.63, 3.8) is 0 Å². The molecule has 0 atom stereocenters. The van der Waals surface area contributed by atoms with Crippen molar-refractivity contribution in [2.75, 3.05) is 26.3 Å². The predicted octanol–water partition coefficient (Wildman–Crippen LogP) is 1.52. The van der Waals surface area contributed by atoms with Gasteiger partial charge in [-0.05, 0) is 25.0 Å². The second-order valence-electron chi connectivity index (χ2n) is 5.32. The molecule has 2 aliphatic rings. The highest BCUT2D eigenvalue weighted by atomic mass is 32.2. The van der Waals surface area contributed by atoms with Crippen LogP contribution in [-0.2, 0) is 19.5 Å². The van der Waals surface area contributed by atoms with Crippen molar-refractivity contribution in [1.82, 2.24) is 4.31 Å². The van der Waals surface area contributed by atoms with E-state index in [1.165, 1.54) is 4.31 Å². The quantitative estimate of drug-likeness (QED) is 0.830. The predicted molar refractivity (Wildman–Crippen MR) is 73.8 cm³/mol. The van der Waals surface area contributed by atoms with Crippen LogP contribution in [0.2, 0.25) is 0 Å². The molecular formula is C14H19NO4S. The van der Waals surface area contributed by atoms with Crippen molar-refractivity contribution in [3.8, 4) is 0 Å². The summed E-state index contributed by atoms with van der Waals surface area (Å²) in [6.45, 7) is 3.69. The van der Waals surface area contributed by atoms with Gasteiger partial charge in [0.2, 0.25) is 10.0 Å². The van der Waals surface area contributed by atoms with Crippen molar-refractivity contribution >= 4 is 10.0 Å². The zero-order valence-electron chi connectivity index (χ0n) is 11.5. The van der Waals surface area contributed by atoms with E-state index in [0.717, 1.165) is 18.4 Å². The summed E-state index contributed by atoms with van der Waals surface area (Å²) in [4.78, 5) is 0.370. The number of nitrogens with zero attached hydrogens (tertiary/aromatic N) is 1. The van der Waals surface area contributed by atoms with E-state index in [-0.39, 0.29) is 6.54 Å². The van der Waals surface area contributed by atoms with E-state index in [1.807, 2.05) is 19.1 Å². The molecule has 110 valence electrons. The number of hydrogen-bond donors (Lipinski definition) is 0. The highest BCUT2D eigenvalue weighted by molar-refractivity contribution is 7.89. The summed E-state index contributed by atoms with van der Waals surface area (Å²) in [6.07, 6.45) is 1.51. The largest absolute Gasteiger partial charge is 0.346 e. The lowest BCUT2D eigenvalue weighted by atomic mass is 10.1. The average Bonchev–Trinajstić information content (AvgIpc) is 2.87. The van der Waals surface area contributed by atoms with Crippen molar-refractivity contribution in [2.24, 2.45) is 0 Å². The Morgan fingerprint density at radius 3 is 2.60 bits per heavy atom. The smallest absolute Gasteiger partial charge is 0.243 e. The van der Waals surface area contributed by atoms with Crippen molar-refractivity contribution in [1.29, 1.82) is 0 Å². The van der Waals surface area contributed by atoms with Gasteiger partial charge in [0.25, 0.3) is 0 Å². The average molecular weight is 297 g/mol. The monoisotopic (exact) mass is 297 g/mol. The molecule has 1 aromatic carbocycles. The third-order valence-corrected chi connectivity index (χ3v) is 5.91. The van der Waals surface area contributed by atoms with Crippen LogP contribution in [0.3, 0.4) is 0 Å². The third kappa shape index (κ3) is 2.37. The lowest BCUT2D eigenvalue weighted by Crippen LogP contribution is -2.50. The van der Waals surface area contributed by atoms with Crippen LogP contribution in [0.5, 0.6) is 0 Å². The molecule has 5 nitrogen and oxygen atoms in total.